The minimum atomic E-state index is -0.169. The van der Waals surface area contributed by atoms with Crippen molar-refractivity contribution in [2.24, 2.45) is 17.8 Å². The van der Waals surface area contributed by atoms with E-state index >= 15 is 0 Å². The lowest BCUT2D eigenvalue weighted by Gasteiger charge is -2.28. The first kappa shape index (κ1) is 18.7. The van der Waals surface area contributed by atoms with E-state index in [0.29, 0.717) is 33.2 Å². The highest BCUT2D eigenvalue weighted by Gasteiger charge is 2.42. The van der Waals surface area contributed by atoms with Crippen LogP contribution < -0.4 is 10.1 Å². The van der Waals surface area contributed by atoms with Crippen LogP contribution in [0.4, 0.5) is 0 Å². The highest BCUT2D eigenvalue weighted by Crippen LogP contribution is 2.49. The van der Waals surface area contributed by atoms with E-state index in [1.165, 1.54) is 25.7 Å². The highest BCUT2D eigenvalue weighted by atomic mass is 35.5. The van der Waals surface area contributed by atoms with E-state index in [9.17, 15) is 4.79 Å². The molecule has 144 valence electrons. The van der Waals surface area contributed by atoms with Crippen LogP contribution in [0.15, 0.2) is 34.7 Å². The van der Waals surface area contributed by atoms with Gasteiger partial charge in [0.25, 0.3) is 5.91 Å². The average molecular weight is 408 g/mol. The van der Waals surface area contributed by atoms with E-state index in [0.717, 1.165) is 11.8 Å². The second kappa shape index (κ2) is 7.76. The number of amides is 1. The summed E-state index contributed by atoms with van der Waals surface area (Å²) in [4.78, 5) is 12.5. The predicted octanol–water partition coefficient (Wildman–Crippen LogP) is 5.72. The fourth-order valence-corrected chi connectivity index (χ4v) is 4.96. The lowest BCUT2D eigenvalue weighted by molar-refractivity contribution is 0.0883. The van der Waals surface area contributed by atoms with Gasteiger partial charge < -0.3 is 14.5 Å². The molecule has 1 amide bonds. The smallest absolute Gasteiger partial charge is 0.287 e. The number of ether oxygens (including phenoxy) is 1. The Balaban J connectivity index is 1.33. The molecule has 2 saturated carbocycles. The molecule has 0 saturated heterocycles. The van der Waals surface area contributed by atoms with Crippen molar-refractivity contribution in [3.8, 4) is 5.75 Å². The number of hydrogen-bond acceptors (Lipinski definition) is 3. The van der Waals surface area contributed by atoms with Crippen molar-refractivity contribution < 1.29 is 13.9 Å². The summed E-state index contributed by atoms with van der Waals surface area (Å²) >= 11 is 12.1. The lowest BCUT2D eigenvalue weighted by Crippen LogP contribution is -2.40. The predicted molar refractivity (Wildman–Crippen MR) is 105 cm³/mol. The summed E-state index contributed by atoms with van der Waals surface area (Å²) in [7, 11) is 0. The molecular weight excluding hydrogens is 385 g/mol. The maximum absolute atomic E-state index is 12.5. The minimum absolute atomic E-state index is 0.169. The third-order valence-electron chi connectivity index (χ3n) is 5.97. The van der Waals surface area contributed by atoms with Crippen LogP contribution in [0, 0.1) is 17.8 Å². The number of hydrogen-bond donors (Lipinski definition) is 1. The van der Waals surface area contributed by atoms with E-state index in [1.54, 1.807) is 30.3 Å². The Morgan fingerprint density at radius 2 is 2.11 bits per heavy atom. The first-order chi connectivity index (χ1) is 13.0. The standard InChI is InChI=1S/C21H23Cl2NO3/c1-12(16-10-13-5-6-14(16)9-13)24-21(25)19-8-7-15(27-19)11-26-18-4-2-3-17(22)20(18)23/h2-4,7-8,12-14,16H,5-6,9-11H2,1H3,(H,24,25). The van der Waals surface area contributed by atoms with E-state index in [2.05, 4.69) is 12.2 Å². The van der Waals surface area contributed by atoms with Gasteiger partial charge in [-0.15, -0.1) is 0 Å². The van der Waals surface area contributed by atoms with Crippen LogP contribution in [0.1, 0.15) is 48.9 Å². The van der Waals surface area contributed by atoms with Crippen LogP contribution in [0.25, 0.3) is 0 Å². The van der Waals surface area contributed by atoms with Crippen molar-refractivity contribution >= 4 is 29.1 Å². The van der Waals surface area contributed by atoms with Gasteiger partial charge in [0.15, 0.2) is 5.76 Å². The molecule has 4 atom stereocenters. The third-order valence-corrected chi connectivity index (χ3v) is 6.77. The van der Waals surface area contributed by atoms with Crippen molar-refractivity contribution in [3.63, 3.8) is 0 Å². The van der Waals surface area contributed by atoms with Gasteiger partial charge in [0.05, 0.1) is 5.02 Å². The summed E-state index contributed by atoms with van der Waals surface area (Å²) in [6, 6.07) is 8.80. The zero-order valence-corrected chi connectivity index (χ0v) is 16.7. The Hall–Kier alpha value is -1.65. The number of nitrogens with one attached hydrogen (secondary N) is 1. The van der Waals surface area contributed by atoms with Crippen molar-refractivity contribution in [1.82, 2.24) is 5.32 Å². The lowest BCUT2D eigenvalue weighted by atomic mass is 9.84. The molecule has 2 aliphatic rings. The second-order valence-corrected chi connectivity index (χ2v) is 8.49. The second-order valence-electron chi connectivity index (χ2n) is 7.71. The van der Waals surface area contributed by atoms with Gasteiger partial charge in [-0.2, -0.15) is 0 Å². The number of rotatable bonds is 6. The molecule has 1 N–H and O–H groups in total. The molecule has 0 aliphatic heterocycles. The molecule has 2 fully saturated rings. The molecule has 2 aromatic rings. The van der Waals surface area contributed by atoms with Crippen LogP contribution in [0.2, 0.25) is 10.0 Å². The monoisotopic (exact) mass is 407 g/mol. The molecule has 1 aromatic heterocycles. The molecule has 4 nitrogen and oxygen atoms in total. The number of carbonyl (C=O) groups excluding carboxylic acids is 1. The van der Waals surface area contributed by atoms with Crippen LogP contribution in [0.3, 0.4) is 0 Å². The Labute approximate surface area is 169 Å². The van der Waals surface area contributed by atoms with Gasteiger partial charge in [0.1, 0.15) is 23.1 Å². The zero-order chi connectivity index (χ0) is 19.0. The normalized spacial score (nSPS) is 24.8. The number of halogens is 2. The summed E-state index contributed by atoms with van der Waals surface area (Å²) in [5.41, 5.74) is 0. The summed E-state index contributed by atoms with van der Waals surface area (Å²) in [5.74, 6) is 3.41. The third kappa shape index (κ3) is 3.97. The molecule has 4 unspecified atom stereocenters. The van der Waals surface area contributed by atoms with E-state index in [4.69, 9.17) is 32.4 Å². The Morgan fingerprint density at radius 1 is 1.26 bits per heavy atom. The molecule has 4 rings (SSSR count). The van der Waals surface area contributed by atoms with Crippen molar-refractivity contribution in [3.05, 3.63) is 51.9 Å². The molecule has 0 spiro atoms. The van der Waals surface area contributed by atoms with E-state index in [-0.39, 0.29) is 18.6 Å². The number of fused-ring (bicyclic) bond motifs is 2. The first-order valence-corrected chi connectivity index (χ1v) is 10.2. The fourth-order valence-electron chi connectivity index (χ4n) is 4.61. The SMILES string of the molecule is CC(NC(=O)c1ccc(COc2cccc(Cl)c2Cl)o1)C1CC2CCC1C2. The van der Waals surface area contributed by atoms with Gasteiger partial charge in [-0.1, -0.05) is 35.7 Å². The van der Waals surface area contributed by atoms with E-state index < -0.39 is 0 Å². The molecule has 0 radical (unpaired) electrons. The summed E-state index contributed by atoms with van der Waals surface area (Å²) in [6.45, 7) is 2.28. The number of carbonyl (C=O) groups is 1. The quantitative estimate of drug-likeness (QED) is 0.665. The van der Waals surface area contributed by atoms with Crippen molar-refractivity contribution in [2.75, 3.05) is 0 Å². The largest absolute Gasteiger partial charge is 0.484 e. The van der Waals surface area contributed by atoms with Crippen LogP contribution in [-0.4, -0.2) is 11.9 Å². The molecule has 2 bridgehead atoms. The van der Waals surface area contributed by atoms with Crippen LogP contribution >= 0.6 is 23.2 Å². The Morgan fingerprint density at radius 3 is 2.85 bits per heavy atom. The summed E-state index contributed by atoms with van der Waals surface area (Å²) in [6.07, 6.45) is 5.24. The van der Waals surface area contributed by atoms with Gasteiger partial charge in [0, 0.05) is 6.04 Å². The fraction of sp³-hybridized carbons (Fsp3) is 0.476. The van der Waals surface area contributed by atoms with Gasteiger partial charge in [-0.05, 0) is 68.2 Å². The first-order valence-electron chi connectivity index (χ1n) is 9.47. The number of benzene rings is 1. The van der Waals surface area contributed by atoms with Crippen molar-refractivity contribution in [1.29, 1.82) is 0 Å². The van der Waals surface area contributed by atoms with Crippen LogP contribution in [0.5, 0.6) is 5.75 Å². The Bertz CT molecular complexity index is 835. The topological polar surface area (TPSA) is 51.5 Å². The molecule has 2 aliphatic carbocycles. The maximum atomic E-state index is 12.5. The Kier molecular flexibility index (Phi) is 5.38. The summed E-state index contributed by atoms with van der Waals surface area (Å²) in [5, 5.41) is 3.91. The molecule has 1 heterocycles. The summed E-state index contributed by atoms with van der Waals surface area (Å²) < 4.78 is 11.3. The van der Waals surface area contributed by atoms with Gasteiger partial charge in [-0.3, -0.25) is 4.79 Å². The van der Waals surface area contributed by atoms with Crippen LogP contribution in [-0.2, 0) is 6.61 Å². The van der Waals surface area contributed by atoms with E-state index in [1.807, 2.05) is 0 Å². The van der Waals surface area contributed by atoms with Gasteiger partial charge >= 0.3 is 0 Å². The zero-order valence-electron chi connectivity index (χ0n) is 15.2. The number of furan rings is 1. The minimum Gasteiger partial charge on any atom is -0.484 e. The molecular formula is C21H23Cl2NO3. The average Bonchev–Trinajstić information content (AvgIpc) is 3.39. The van der Waals surface area contributed by atoms with Gasteiger partial charge in [0.2, 0.25) is 0 Å². The van der Waals surface area contributed by atoms with Crippen molar-refractivity contribution in [2.45, 2.75) is 45.3 Å². The van der Waals surface area contributed by atoms with Gasteiger partial charge in [-0.25, -0.2) is 0 Å². The maximum Gasteiger partial charge on any atom is 0.287 e. The molecule has 6 heteroatoms. The molecule has 1 aromatic carbocycles. The molecule has 27 heavy (non-hydrogen) atoms. The highest BCUT2D eigenvalue weighted by molar-refractivity contribution is 6.42.